The summed E-state index contributed by atoms with van der Waals surface area (Å²) in [5.41, 5.74) is 1.75. The highest BCUT2D eigenvalue weighted by atomic mass is 35.5. The molecule has 3 rings (SSSR count). The molecule has 0 radical (unpaired) electrons. The molecular formula is C19H21ClN4O2. The number of H-pyrrole nitrogens is 1. The van der Waals surface area contributed by atoms with Crippen molar-refractivity contribution in [3.63, 3.8) is 0 Å². The van der Waals surface area contributed by atoms with Crippen molar-refractivity contribution in [2.75, 3.05) is 12.4 Å². The Morgan fingerprint density at radius 3 is 2.77 bits per heavy atom. The van der Waals surface area contributed by atoms with Crippen molar-refractivity contribution < 1.29 is 9.53 Å². The van der Waals surface area contributed by atoms with E-state index in [9.17, 15) is 4.79 Å². The number of aromatic amines is 1. The molecule has 0 aliphatic rings. The molecule has 0 saturated heterocycles. The molecule has 1 aromatic heterocycles. The molecule has 0 unspecified atom stereocenters. The summed E-state index contributed by atoms with van der Waals surface area (Å²) in [6.07, 6.45) is 0. The Labute approximate surface area is 156 Å². The van der Waals surface area contributed by atoms with E-state index >= 15 is 0 Å². The second-order valence-electron chi connectivity index (χ2n) is 6.11. The first-order chi connectivity index (χ1) is 12.5. The van der Waals surface area contributed by atoms with Crippen LogP contribution in [0.2, 0.25) is 5.02 Å². The van der Waals surface area contributed by atoms with E-state index in [0.29, 0.717) is 16.4 Å². The van der Waals surface area contributed by atoms with Gasteiger partial charge in [0.25, 0.3) is 0 Å². The lowest BCUT2D eigenvalue weighted by molar-refractivity contribution is -0.118. The minimum Gasteiger partial charge on any atom is -0.497 e. The van der Waals surface area contributed by atoms with Gasteiger partial charge in [0.2, 0.25) is 5.91 Å². The molecule has 0 saturated carbocycles. The third kappa shape index (κ3) is 3.81. The Bertz CT molecular complexity index is 925. The Kier molecular flexibility index (Phi) is 5.44. The molecule has 0 aliphatic heterocycles. The zero-order valence-electron chi connectivity index (χ0n) is 14.8. The number of benzene rings is 2. The smallest absolute Gasteiger partial charge is 0.242 e. The number of nitrogens with zero attached hydrogens (tertiary/aromatic N) is 1. The first kappa shape index (κ1) is 18.2. The molecule has 0 spiro atoms. The first-order valence-corrected chi connectivity index (χ1v) is 8.71. The maximum Gasteiger partial charge on any atom is 0.242 e. The maximum absolute atomic E-state index is 12.5. The molecule has 2 aromatic carbocycles. The van der Waals surface area contributed by atoms with Crippen LogP contribution in [0, 0.1) is 0 Å². The number of methoxy groups -OCH3 is 1. The zero-order valence-corrected chi connectivity index (χ0v) is 15.6. The van der Waals surface area contributed by atoms with Gasteiger partial charge >= 0.3 is 0 Å². The zero-order chi connectivity index (χ0) is 18.7. The minimum absolute atomic E-state index is 0.0174. The number of para-hydroxylation sites is 1. The molecule has 0 aliphatic carbocycles. The van der Waals surface area contributed by atoms with Gasteiger partial charge in [0.05, 0.1) is 23.7 Å². The van der Waals surface area contributed by atoms with Gasteiger partial charge in [-0.15, -0.1) is 0 Å². The number of nitrogens with one attached hydrogen (secondary N) is 3. The third-order valence-electron chi connectivity index (χ3n) is 4.28. The fourth-order valence-electron chi connectivity index (χ4n) is 2.79. The van der Waals surface area contributed by atoms with E-state index in [1.54, 1.807) is 13.2 Å². The van der Waals surface area contributed by atoms with E-state index < -0.39 is 6.04 Å². The number of anilines is 1. The molecule has 7 heteroatoms. The summed E-state index contributed by atoms with van der Waals surface area (Å²) in [5.74, 6) is 1.08. The maximum atomic E-state index is 12.5. The van der Waals surface area contributed by atoms with Crippen LogP contribution in [0.25, 0.3) is 10.9 Å². The van der Waals surface area contributed by atoms with Gasteiger partial charge in [-0.1, -0.05) is 29.8 Å². The molecule has 2 atom stereocenters. The van der Waals surface area contributed by atoms with Crippen LogP contribution < -0.4 is 15.4 Å². The number of hydrogen-bond donors (Lipinski definition) is 3. The van der Waals surface area contributed by atoms with Crippen LogP contribution in [-0.2, 0) is 4.79 Å². The van der Waals surface area contributed by atoms with Crippen LogP contribution in [0.3, 0.4) is 0 Å². The first-order valence-electron chi connectivity index (χ1n) is 8.33. The number of amides is 1. The van der Waals surface area contributed by atoms with Gasteiger partial charge in [-0.2, -0.15) is 5.10 Å². The number of halogens is 1. The molecular weight excluding hydrogens is 352 g/mol. The van der Waals surface area contributed by atoms with Crippen molar-refractivity contribution in [3.05, 3.63) is 53.1 Å². The van der Waals surface area contributed by atoms with Crippen LogP contribution in [-0.4, -0.2) is 29.3 Å². The van der Waals surface area contributed by atoms with Crippen molar-refractivity contribution in [3.8, 4) is 5.75 Å². The summed E-state index contributed by atoms with van der Waals surface area (Å²) in [6, 6.07) is 12.8. The van der Waals surface area contributed by atoms with Crippen LogP contribution in [0.15, 0.2) is 42.5 Å². The van der Waals surface area contributed by atoms with Crippen LogP contribution in [0.5, 0.6) is 5.75 Å². The Balaban J connectivity index is 1.68. The SMILES string of the molecule is COc1cccc([C@@H](C)N[C@H](C)C(=O)Nc2n[nH]c3c(Cl)cccc23)c1. The van der Waals surface area contributed by atoms with Crippen molar-refractivity contribution >= 4 is 34.2 Å². The van der Waals surface area contributed by atoms with Crippen LogP contribution in [0.4, 0.5) is 5.82 Å². The Morgan fingerprint density at radius 2 is 2.00 bits per heavy atom. The Hall–Kier alpha value is -2.57. The second-order valence-corrected chi connectivity index (χ2v) is 6.52. The number of ether oxygens (including phenoxy) is 1. The molecule has 3 N–H and O–H groups in total. The largest absolute Gasteiger partial charge is 0.497 e. The summed E-state index contributed by atoms with van der Waals surface area (Å²) in [4.78, 5) is 12.5. The average Bonchev–Trinajstić information content (AvgIpc) is 3.06. The number of aromatic nitrogens is 2. The summed E-state index contributed by atoms with van der Waals surface area (Å²) >= 11 is 6.12. The van der Waals surface area contributed by atoms with E-state index in [-0.39, 0.29) is 11.9 Å². The standard InChI is InChI=1S/C19H21ClN4O2/c1-11(13-6-4-7-14(10-13)26-3)21-12(2)19(25)22-18-15-8-5-9-16(20)17(15)23-24-18/h4-12,21H,1-3H3,(H2,22,23,24,25)/t11-,12-/m1/s1. The van der Waals surface area contributed by atoms with Crippen LogP contribution in [0.1, 0.15) is 25.5 Å². The summed E-state index contributed by atoms with van der Waals surface area (Å²) in [7, 11) is 1.63. The van der Waals surface area contributed by atoms with Gasteiger partial charge in [-0.05, 0) is 43.7 Å². The Morgan fingerprint density at radius 1 is 1.23 bits per heavy atom. The fraction of sp³-hybridized carbons (Fsp3) is 0.263. The summed E-state index contributed by atoms with van der Waals surface area (Å²) < 4.78 is 5.25. The van der Waals surface area contributed by atoms with Gasteiger partial charge in [-0.25, -0.2) is 0 Å². The van der Waals surface area contributed by atoms with Gasteiger partial charge in [-0.3, -0.25) is 15.2 Å². The van der Waals surface area contributed by atoms with E-state index in [0.717, 1.165) is 16.7 Å². The summed E-state index contributed by atoms with van der Waals surface area (Å²) in [6.45, 7) is 3.82. The van der Waals surface area contributed by atoms with Crippen molar-refractivity contribution in [1.82, 2.24) is 15.5 Å². The highest BCUT2D eigenvalue weighted by Crippen LogP contribution is 2.26. The van der Waals surface area contributed by atoms with Crippen molar-refractivity contribution in [2.24, 2.45) is 0 Å². The molecule has 26 heavy (non-hydrogen) atoms. The van der Waals surface area contributed by atoms with Gasteiger partial charge in [0.1, 0.15) is 5.75 Å². The van der Waals surface area contributed by atoms with E-state index in [2.05, 4.69) is 20.8 Å². The molecule has 0 bridgehead atoms. The minimum atomic E-state index is -0.415. The summed E-state index contributed by atoms with van der Waals surface area (Å²) in [5, 5.41) is 14.5. The predicted molar refractivity (Wildman–Crippen MR) is 104 cm³/mol. The fourth-order valence-corrected chi connectivity index (χ4v) is 3.00. The number of hydrogen-bond acceptors (Lipinski definition) is 4. The number of fused-ring (bicyclic) bond motifs is 1. The molecule has 1 heterocycles. The van der Waals surface area contributed by atoms with Crippen LogP contribution >= 0.6 is 11.6 Å². The van der Waals surface area contributed by atoms with E-state index in [4.69, 9.17) is 16.3 Å². The lowest BCUT2D eigenvalue weighted by Crippen LogP contribution is -2.39. The van der Waals surface area contributed by atoms with E-state index in [1.807, 2.05) is 50.2 Å². The van der Waals surface area contributed by atoms with E-state index in [1.165, 1.54) is 0 Å². The highest BCUT2D eigenvalue weighted by Gasteiger charge is 2.19. The second kappa shape index (κ2) is 7.76. The monoisotopic (exact) mass is 372 g/mol. The lowest BCUT2D eigenvalue weighted by atomic mass is 10.1. The lowest BCUT2D eigenvalue weighted by Gasteiger charge is -2.20. The number of carbonyl (C=O) groups is 1. The molecule has 0 fully saturated rings. The van der Waals surface area contributed by atoms with Gasteiger partial charge < -0.3 is 10.1 Å². The normalized spacial score (nSPS) is 13.4. The molecule has 1 amide bonds. The van der Waals surface area contributed by atoms with Crippen molar-refractivity contribution in [1.29, 1.82) is 0 Å². The third-order valence-corrected chi connectivity index (χ3v) is 4.59. The average molecular weight is 373 g/mol. The van der Waals surface area contributed by atoms with Gasteiger partial charge in [0.15, 0.2) is 5.82 Å². The predicted octanol–water partition coefficient (Wildman–Crippen LogP) is 3.90. The quantitative estimate of drug-likeness (QED) is 0.613. The molecule has 3 aromatic rings. The molecule has 6 nitrogen and oxygen atoms in total. The number of carbonyl (C=O) groups excluding carboxylic acids is 1. The highest BCUT2D eigenvalue weighted by molar-refractivity contribution is 6.35. The topological polar surface area (TPSA) is 79.0 Å². The molecule has 136 valence electrons. The van der Waals surface area contributed by atoms with Crippen molar-refractivity contribution in [2.45, 2.75) is 25.9 Å². The number of rotatable bonds is 6. The van der Waals surface area contributed by atoms with Gasteiger partial charge in [0, 0.05) is 11.4 Å².